The van der Waals surface area contributed by atoms with E-state index in [0.717, 1.165) is 9.80 Å². The number of β-lactam (4-membered cyclic amide) rings is 1. The van der Waals surface area contributed by atoms with Gasteiger partial charge in [-0.3, -0.25) is 24.2 Å². The highest BCUT2D eigenvalue weighted by Crippen LogP contribution is 2.38. The van der Waals surface area contributed by atoms with Crippen molar-refractivity contribution in [2.75, 3.05) is 6.61 Å². The van der Waals surface area contributed by atoms with Crippen LogP contribution in [0.5, 0.6) is 0 Å². The van der Waals surface area contributed by atoms with Crippen LogP contribution in [0, 0.1) is 0 Å². The van der Waals surface area contributed by atoms with E-state index in [-0.39, 0.29) is 23.4 Å². The van der Waals surface area contributed by atoms with Gasteiger partial charge in [0, 0.05) is 0 Å². The van der Waals surface area contributed by atoms with Crippen LogP contribution in [0.1, 0.15) is 27.6 Å². The number of nitrogens with zero attached hydrogens (tertiary/aromatic N) is 2. The second-order valence-corrected chi connectivity index (χ2v) is 6.20. The van der Waals surface area contributed by atoms with Crippen molar-refractivity contribution in [2.45, 2.75) is 18.5 Å². The number of hydrogen-bond donors (Lipinski definition) is 0. The first kappa shape index (κ1) is 14.9. The Bertz CT molecular complexity index is 827. The fraction of sp³-hybridized carbons (Fsp3) is 0.250. The van der Waals surface area contributed by atoms with E-state index >= 15 is 0 Å². The molecule has 7 nitrogen and oxygen atoms in total. The van der Waals surface area contributed by atoms with E-state index in [1.165, 1.54) is 12.1 Å². The van der Waals surface area contributed by atoms with Crippen LogP contribution in [0.2, 0.25) is 0 Å². The van der Waals surface area contributed by atoms with Gasteiger partial charge in [0.05, 0.1) is 11.1 Å². The van der Waals surface area contributed by atoms with Crippen LogP contribution in [0.25, 0.3) is 0 Å². The lowest BCUT2D eigenvalue weighted by Gasteiger charge is -2.46. The molecule has 3 aliphatic rings. The summed E-state index contributed by atoms with van der Waals surface area (Å²) in [4.78, 5) is 51.2. The molecule has 0 unspecified atom stereocenters. The number of carbonyl (C=O) groups excluding carboxylic acids is 4. The monoisotopic (exact) mass is 346 g/mol. The third kappa shape index (κ3) is 1.73. The average molecular weight is 347 g/mol. The van der Waals surface area contributed by atoms with Gasteiger partial charge in [0.25, 0.3) is 17.7 Å². The molecule has 1 aromatic carbocycles. The predicted molar refractivity (Wildman–Crippen MR) is 80.9 cm³/mol. The Kier molecular flexibility index (Phi) is 3.05. The van der Waals surface area contributed by atoms with Gasteiger partial charge >= 0.3 is 5.97 Å². The zero-order chi connectivity index (χ0) is 17.2. The second kappa shape index (κ2) is 4.91. The van der Waals surface area contributed by atoms with Crippen molar-refractivity contribution in [3.8, 4) is 0 Å². The lowest BCUT2D eigenvalue weighted by Crippen LogP contribution is -2.69. The summed E-state index contributed by atoms with van der Waals surface area (Å²) in [5.74, 6) is -2.32. The molecule has 1 aromatic rings. The number of esters is 1. The Labute approximate surface area is 141 Å². The fourth-order valence-electron chi connectivity index (χ4n) is 3.16. The van der Waals surface area contributed by atoms with Gasteiger partial charge in [-0.25, -0.2) is 4.79 Å². The number of ether oxygens (including phenoxy) is 1. The molecule has 0 saturated carbocycles. The lowest BCUT2D eigenvalue weighted by molar-refractivity contribution is -0.152. The number of benzene rings is 1. The predicted octanol–water partition coefficient (Wildman–Crippen LogP) is 0.889. The minimum atomic E-state index is -1.13. The Hall–Kier alpha value is -2.67. The molecule has 0 aliphatic carbocycles. The molecule has 3 heterocycles. The van der Waals surface area contributed by atoms with E-state index in [2.05, 4.69) is 0 Å². The first-order chi connectivity index (χ1) is 11.4. The highest BCUT2D eigenvalue weighted by atomic mass is 35.5. The maximum Gasteiger partial charge on any atom is 0.355 e. The molecule has 1 saturated heterocycles. The molecule has 0 spiro atoms. The minimum Gasteiger partial charge on any atom is -0.456 e. The van der Waals surface area contributed by atoms with Crippen molar-refractivity contribution in [3.63, 3.8) is 0 Å². The number of amides is 3. The average Bonchev–Trinajstić information content (AvgIpc) is 3.02. The normalized spacial score (nSPS) is 26.1. The lowest BCUT2D eigenvalue weighted by atomic mass is 10.0. The van der Waals surface area contributed by atoms with Crippen LogP contribution in [-0.2, 0) is 14.3 Å². The maximum absolute atomic E-state index is 12.5. The molecule has 4 rings (SSSR count). The number of likely N-dealkylation sites (tertiary alicyclic amines) is 1. The number of hydrogen-bond acceptors (Lipinski definition) is 5. The van der Waals surface area contributed by atoms with Crippen LogP contribution in [-0.4, -0.2) is 51.6 Å². The minimum absolute atomic E-state index is 0.0906. The smallest absolute Gasteiger partial charge is 0.355 e. The molecular weight excluding hydrogens is 336 g/mol. The molecular formula is C16H11ClN2O5. The molecule has 1 fully saturated rings. The van der Waals surface area contributed by atoms with Gasteiger partial charge in [0.15, 0.2) is 6.04 Å². The highest BCUT2D eigenvalue weighted by molar-refractivity contribution is 6.30. The standard InChI is InChI=1S/C16H11ClN2O5/c1-7-6-24-16(23)10(7)18-12(17)11(15(18)22)19-13(20)8-4-2-3-5-9(8)14(19)21/h2-5,11-12H,6H2,1H3/t11-,12-/m1/s1. The molecule has 24 heavy (non-hydrogen) atoms. The van der Waals surface area contributed by atoms with Gasteiger partial charge < -0.3 is 4.74 Å². The zero-order valence-corrected chi connectivity index (χ0v) is 13.2. The van der Waals surface area contributed by atoms with Crippen LogP contribution in [0.15, 0.2) is 35.5 Å². The van der Waals surface area contributed by atoms with Crippen molar-refractivity contribution in [1.29, 1.82) is 0 Å². The Morgan fingerprint density at radius 3 is 2.08 bits per heavy atom. The number of rotatable bonds is 2. The Morgan fingerprint density at radius 2 is 1.62 bits per heavy atom. The molecule has 0 bridgehead atoms. The van der Waals surface area contributed by atoms with Gasteiger partial charge in [0.2, 0.25) is 0 Å². The van der Waals surface area contributed by atoms with E-state index in [1.807, 2.05) is 0 Å². The summed E-state index contributed by atoms with van der Waals surface area (Å²) in [6.45, 7) is 1.76. The van der Waals surface area contributed by atoms with E-state index in [9.17, 15) is 19.2 Å². The van der Waals surface area contributed by atoms with E-state index in [1.54, 1.807) is 19.1 Å². The quantitative estimate of drug-likeness (QED) is 0.261. The first-order valence-electron chi connectivity index (χ1n) is 7.24. The topological polar surface area (TPSA) is 84.0 Å². The van der Waals surface area contributed by atoms with Crippen LogP contribution < -0.4 is 0 Å². The van der Waals surface area contributed by atoms with Crippen molar-refractivity contribution >= 4 is 35.3 Å². The molecule has 3 amide bonds. The number of cyclic esters (lactones) is 1. The molecule has 0 N–H and O–H groups in total. The maximum atomic E-state index is 12.5. The van der Waals surface area contributed by atoms with Crippen molar-refractivity contribution in [2.24, 2.45) is 0 Å². The van der Waals surface area contributed by atoms with Crippen molar-refractivity contribution in [3.05, 3.63) is 46.7 Å². The summed E-state index contributed by atoms with van der Waals surface area (Å²) in [6, 6.07) is 5.21. The Morgan fingerprint density at radius 1 is 1.04 bits per heavy atom. The van der Waals surface area contributed by atoms with Crippen LogP contribution in [0.3, 0.4) is 0 Å². The number of halogens is 1. The molecule has 0 aromatic heterocycles. The largest absolute Gasteiger partial charge is 0.456 e. The van der Waals surface area contributed by atoms with E-state index < -0.39 is 35.2 Å². The van der Waals surface area contributed by atoms with Crippen LogP contribution in [0.4, 0.5) is 0 Å². The summed E-state index contributed by atoms with van der Waals surface area (Å²) in [5.41, 5.74) is 0.157. The summed E-state index contributed by atoms with van der Waals surface area (Å²) >= 11 is 6.26. The van der Waals surface area contributed by atoms with Gasteiger partial charge in [-0.05, 0) is 24.6 Å². The highest BCUT2D eigenvalue weighted by Gasteiger charge is 2.58. The zero-order valence-electron chi connectivity index (χ0n) is 12.5. The van der Waals surface area contributed by atoms with Gasteiger partial charge in [0.1, 0.15) is 17.8 Å². The van der Waals surface area contributed by atoms with Gasteiger partial charge in [-0.1, -0.05) is 23.7 Å². The molecule has 122 valence electrons. The van der Waals surface area contributed by atoms with Gasteiger partial charge in [-0.2, -0.15) is 0 Å². The van der Waals surface area contributed by atoms with Gasteiger partial charge in [-0.15, -0.1) is 0 Å². The molecule has 0 radical (unpaired) electrons. The number of fused-ring (bicyclic) bond motifs is 1. The fourth-order valence-corrected chi connectivity index (χ4v) is 3.57. The first-order valence-corrected chi connectivity index (χ1v) is 7.68. The second-order valence-electron chi connectivity index (χ2n) is 5.76. The number of imide groups is 1. The third-order valence-electron chi connectivity index (χ3n) is 4.36. The van der Waals surface area contributed by atoms with E-state index in [0.29, 0.717) is 5.57 Å². The molecule has 8 heteroatoms. The van der Waals surface area contributed by atoms with Crippen LogP contribution >= 0.6 is 11.6 Å². The molecule has 2 atom stereocenters. The molecule has 3 aliphatic heterocycles. The van der Waals surface area contributed by atoms with Crippen molar-refractivity contribution in [1.82, 2.24) is 9.80 Å². The van der Waals surface area contributed by atoms with Crippen molar-refractivity contribution < 1.29 is 23.9 Å². The Balaban J connectivity index is 1.66. The third-order valence-corrected chi connectivity index (χ3v) is 4.79. The number of alkyl halides is 1. The summed E-state index contributed by atoms with van der Waals surface area (Å²) in [7, 11) is 0. The summed E-state index contributed by atoms with van der Waals surface area (Å²) in [6.07, 6.45) is 0. The summed E-state index contributed by atoms with van der Waals surface area (Å²) in [5, 5.41) is 0. The SMILES string of the molecule is CC1=C(N2C(=O)[C@H](N3C(=O)c4ccccc4C3=O)[C@@H]2Cl)C(=O)OC1. The summed E-state index contributed by atoms with van der Waals surface area (Å²) < 4.78 is 4.87. The van der Waals surface area contributed by atoms with E-state index in [4.69, 9.17) is 16.3 Å². The number of carbonyl (C=O) groups is 4.